The van der Waals surface area contributed by atoms with E-state index in [4.69, 9.17) is 11.5 Å². The fraction of sp³-hybridized carbons (Fsp3) is 0.581. The van der Waals surface area contributed by atoms with Gasteiger partial charge in [0.25, 0.3) is 11.8 Å². The highest BCUT2D eigenvalue weighted by Gasteiger charge is 2.50. The van der Waals surface area contributed by atoms with E-state index in [1.54, 1.807) is 19.9 Å². The number of primary amides is 2. The third-order valence-corrected chi connectivity index (χ3v) is 7.89. The molecular weight excluding hydrogens is 598 g/mol. The summed E-state index contributed by atoms with van der Waals surface area (Å²) in [4.78, 5) is 92.5. The first-order valence-corrected chi connectivity index (χ1v) is 15.3. The normalized spacial score (nSPS) is 17.0. The average Bonchev–Trinajstić information content (AvgIpc) is 3.47. The van der Waals surface area contributed by atoms with E-state index in [-0.39, 0.29) is 42.5 Å². The summed E-state index contributed by atoms with van der Waals surface area (Å²) in [6.07, 6.45) is 0.972. The standard InChI is InChI=1S/C31H47N7O8/c1-17(2)14-21(25(40)34-16-24(32)39)36-26(41)23-12-9-13-38(23)27(42)19(5)35-30(46)31(29(33)45,15-18(3)4)37(6)22-11-8-7-10-20(22)28(43)44/h7-8,10-11,17-19,21,23H,9,12-16H2,1-6H3,(H2,32,39)(H2,33,45)(H,34,40)(H,35,46)(H,36,41)(H,43,44)/t19-,21-,23-,31+/m0/s1. The number of carbonyl (C=O) groups excluding carboxylic acids is 6. The first-order valence-electron chi connectivity index (χ1n) is 15.3. The molecule has 1 fully saturated rings. The number of likely N-dealkylation sites (N-methyl/N-ethyl adjacent to an activating group) is 1. The molecule has 0 spiro atoms. The second-order valence-corrected chi connectivity index (χ2v) is 12.5. The number of aromatic carboxylic acids is 1. The number of nitrogens with one attached hydrogen (secondary N) is 3. The van der Waals surface area contributed by atoms with Crippen molar-refractivity contribution < 1.29 is 38.7 Å². The molecule has 0 aromatic heterocycles. The number of carboxylic acid groups (broad SMARTS) is 1. The van der Waals surface area contributed by atoms with Crippen LogP contribution in [-0.4, -0.2) is 95.2 Å². The van der Waals surface area contributed by atoms with Gasteiger partial charge in [0, 0.05) is 13.6 Å². The fourth-order valence-corrected chi connectivity index (χ4v) is 5.70. The SMILES string of the molecule is CC(C)C[C@H](NC(=O)[C@@H]1CCCN1C(=O)[C@H](C)NC(=O)[C@@](CC(C)C)(C(N)=O)N(C)c1ccccc1C(=O)O)C(=O)NCC(N)=O. The van der Waals surface area contributed by atoms with Crippen LogP contribution >= 0.6 is 0 Å². The van der Waals surface area contributed by atoms with E-state index in [2.05, 4.69) is 16.0 Å². The number of hydrogen-bond donors (Lipinski definition) is 6. The van der Waals surface area contributed by atoms with Crippen molar-refractivity contribution in [3.63, 3.8) is 0 Å². The van der Waals surface area contributed by atoms with Crippen molar-refractivity contribution in [1.82, 2.24) is 20.9 Å². The molecule has 1 aromatic carbocycles. The summed E-state index contributed by atoms with van der Waals surface area (Å²) < 4.78 is 0. The van der Waals surface area contributed by atoms with Crippen molar-refractivity contribution in [2.45, 2.75) is 84.0 Å². The van der Waals surface area contributed by atoms with Gasteiger partial charge < -0.3 is 42.3 Å². The second-order valence-electron chi connectivity index (χ2n) is 12.5. The van der Waals surface area contributed by atoms with Crippen LogP contribution < -0.4 is 32.3 Å². The Labute approximate surface area is 268 Å². The lowest BCUT2D eigenvalue weighted by atomic mass is 9.84. The summed E-state index contributed by atoms with van der Waals surface area (Å²) in [7, 11) is 1.40. The molecule has 8 N–H and O–H groups in total. The first kappa shape index (κ1) is 37.5. The van der Waals surface area contributed by atoms with Crippen LogP contribution in [0.2, 0.25) is 0 Å². The minimum atomic E-state index is -2.07. The summed E-state index contributed by atoms with van der Waals surface area (Å²) in [5.74, 6) is -5.94. The molecule has 4 atom stereocenters. The maximum absolute atomic E-state index is 14.0. The Kier molecular flexibility index (Phi) is 13.1. The minimum absolute atomic E-state index is 0.0122. The van der Waals surface area contributed by atoms with Crippen LogP contribution in [0.15, 0.2) is 24.3 Å². The van der Waals surface area contributed by atoms with Gasteiger partial charge in [-0.3, -0.25) is 28.8 Å². The van der Waals surface area contributed by atoms with E-state index in [0.29, 0.717) is 12.8 Å². The number of para-hydroxylation sites is 1. The quantitative estimate of drug-likeness (QED) is 0.130. The zero-order chi connectivity index (χ0) is 34.9. The molecule has 0 aliphatic carbocycles. The maximum atomic E-state index is 14.0. The number of nitrogens with two attached hydrogens (primary N) is 2. The molecule has 0 unspecified atom stereocenters. The monoisotopic (exact) mass is 645 g/mol. The average molecular weight is 646 g/mol. The first-order chi connectivity index (χ1) is 21.4. The van der Waals surface area contributed by atoms with Crippen molar-refractivity contribution in [3.05, 3.63) is 29.8 Å². The molecule has 0 saturated carbocycles. The van der Waals surface area contributed by atoms with Gasteiger partial charge in [-0.15, -0.1) is 0 Å². The Bertz CT molecular complexity index is 1330. The largest absolute Gasteiger partial charge is 0.478 e. The van der Waals surface area contributed by atoms with Gasteiger partial charge in [-0.1, -0.05) is 39.8 Å². The van der Waals surface area contributed by atoms with Gasteiger partial charge in [0.05, 0.1) is 17.8 Å². The van der Waals surface area contributed by atoms with Crippen LogP contribution in [0.4, 0.5) is 5.69 Å². The maximum Gasteiger partial charge on any atom is 0.337 e. The van der Waals surface area contributed by atoms with Crippen LogP contribution in [0.1, 0.15) is 70.7 Å². The summed E-state index contributed by atoms with van der Waals surface area (Å²) in [6, 6.07) is 2.75. The van der Waals surface area contributed by atoms with E-state index >= 15 is 0 Å². The molecule has 1 aromatic rings. The molecule has 6 amide bonds. The number of hydrogen-bond acceptors (Lipinski definition) is 8. The molecule has 46 heavy (non-hydrogen) atoms. The van der Waals surface area contributed by atoms with E-state index < -0.39 is 71.6 Å². The van der Waals surface area contributed by atoms with Crippen molar-refractivity contribution >= 4 is 47.1 Å². The Morgan fingerprint density at radius 2 is 1.63 bits per heavy atom. The molecule has 254 valence electrons. The molecule has 15 heteroatoms. The van der Waals surface area contributed by atoms with Gasteiger partial charge in [-0.05, 0) is 56.6 Å². The summed E-state index contributed by atoms with van der Waals surface area (Å²) in [6.45, 7) is 8.49. The molecule has 2 rings (SSSR count). The van der Waals surface area contributed by atoms with Crippen LogP contribution in [0, 0.1) is 11.8 Å². The lowest BCUT2D eigenvalue weighted by molar-refractivity contribution is -0.143. The Balaban J connectivity index is 2.33. The van der Waals surface area contributed by atoms with Crippen molar-refractivity contribution in [2.75, 3.05) is 25.0 Å². The highest BCUT2D eigenvalue weighted by Crippen LogP contribution is 2.32. The Morgan fingerprint density at radius 3 is 2.17 bits per heavy atom. The van der Waals surface area contributed by atoms with Gasteiger partial charge in [0.2, 0.25) is 23.6 Å². The minimum Gasteiger partial charge on any atom is -0.478 e. The Hall–Kier alpha value is -4.69. The molecule has 1 aliphatic rings. The molecule has 15 nitrogen and oxygen atoms in total. The molecule has 1 heterocycles. The highest BCUT2D eigenvalue weighted by molar-refractivity contribution is 6.13. The molecule has 1 saturated heterocycles. The summed E-state index contributed by atoms with van der Waals surface area (Å²) >= 11 is 0. The number of rotatable bonds is 16. The number of anilines is 1. The zero-order valence-electron chi connectivity index (χ0n) is 27.3. The van der Waals surface area contributed by atoms with Crippen LogP contribution in [-0.2, 0) is 28.8 Å². The van der Waals surface area contributed by atoms with Gasteiger partial charge in [-0.2, -0.15) is 0 Å². The lowest BCUT2D eigenvalue weighted by Crippen LogP contribution is -2.67. The van der Waals surface area contributed by atoms with Gasteiger partial charge in [0.15, 0.2) is 5.54 Å². The molecule has 0 bridgehead atoms. The lowest BCUT2D eigenvalue weighted by Gasteiger charge is -2.41. The van der Waals surface area contributed by atoms with Crippen LogP contribution in [0.25, 0.3) is 0 Å². The Morgan fingerprint density at radius 1 is 1.00 bits per heavy atom. The van der Waals surface area contributed by atoms with E-state index in [1.807, 2.05) is 13.8 Å². The van der Waals surface area contributed by atoms with Crippen LogP contribution in [0.5, 0.6) is 0 Å². The van der Waals surface area contributed by atoms with Crippen LogP contribution in [0.3, 0.4) is 0 Å². The highest BCUT2D eigenvalue weighted by atomic mass is 16.4. The second kappa shape index (κ2) is 16.0. The number of likely N-dealkylation sites (tertiary alicyclic amines) is 1. The summed E-state index contributed by atoms with van der Waals surface area (Å²) in [5.41, 5.74) is 8.85. The number of carboxylic acids is 1. The van der Waals surface area contributed by atoms with Gasteiger partial charge in [0.1, 0.15) is 18.1 Å². The van der Waals surface area contributed by atoms with Crippen molar-refractivity contribution in [1.29, 1.82) is 0 Å². The van der Waals surface area contributed by atoms with E-state index in [0.717, 1.165) is 0 Å². The zero-order valence-corrected chi connectivity index (χ0v) is 27.3. The summed E-state index contributed by atoms with van der Waals surface area (Å²) in [5, 5.41) is 17.4. The number of amides is 6. The van der Waals surface area contributed by atoms with Crippen molar-refractivity contribution in [2.24, 2.45) is 23.3 Å². The van der Waals surface area contributed by atoms with Crippen molar-refractivity contribution in [3.8, 4) is 0 Å². The molecular formula is C31H47N7O8. The number of benzene rings is 1. The fourth-order valence-electron chi connectivity index (χ4n) is 5.70. The van der Waals surface area contributed by atoms with Gasteiger partial charge in [-0.25, -0.2) is 4.79 Å². The topological polar surface area (TPSA) is 234 Å². The smallest absolute Gasteiger partial charge is 0.337 e. The molecule has 1 aliphatic heterocycles. The predicted molar refractivity (Wildman–Crippen MR) is 169 cm³/mol. The van der Waals surface area contributed by atoms with Gasteiger partial charge >= 0.3 is 5.97 Å². The third-order valence-electron chi connectivity index (χ3n) is 7.89. The van der Waals surface area contributed by atoms with E-state index in [1.165, 1.54) is 42.0 Å². The number of carbonyl (C=O) groups is 7. The number of nitrogens with zero attached hydrogens (tertiary/aromatic N) is 2. The predicted octanol–water partition coefficient (Wildman–Crippen LogP) is -0.281. The molecule has 0 radical (unpaired) electrons. The van der Waals surface area contributed by atoms with E-state index in [9.17, 15) is 38.7 Å². The third kappa shape index (κ3) is 8.95.